The van der Waals surface area contributed by atoms with Gasteiger partial charge in [-0.05, 0) is 18.4 Å². The first-order chi connectivity index (χ1) is 6.70. The Morgan fingerprint density at radius 1 is 1.36 bits per heavy atom. The molecular formula is C11H8ClNO. The standard InChI is InChI=1S/C11H8ClNO/c1-7(14)9-4-2-3-8-5-6-13-11(12)10(8)9/h2-6H,1H3. The maximum atomic E-state index is 11.3. The number of carbonyl (C=O) groups excluding carboxylic acids is 1. The third-order valence-electron chi connectivity index (χ3n) is 2.12. The van der Waals surface area contributed by atoms with Gasteiger partial charge in [-0.15, -0.1) is 0 Å². The second kappa shape index (κ2) is 3.39. The van der Waals surface area contributed by atoms with Crippen molar-refractivity contribution in [1.29, 1.82) is 0 Å². The molecule has 0 atom stereocenters. The van der Waals surface area contributed by atoms with Gasteiger partial charge in [0.05, 0.1) is 0 Å². The summed E-state index contributed by atoms with van der Waals surface area (Å²) in [5.74, 6) is 0.00509. The van der Waals surface area contributed by atoms with E-state index in [1.54, 1.807) is 12.3 Å². The van der Waals surface area contributed by atoms with E-state index >= 15 is 0 Å². The number of rotatable bonds is 1. The highest BCUT2D eigenvalue weighted by Crippen LogP contribution is 2.24. The molecule has 1 heterocycles. The molecule has 1 aromatic heterocycles. The van der Waals surface area contributed by atoms with Crippen LogP contribution in [0.25, 0.3) is 10.8 Å². The van der Waals surface area contributed by atoms with Crippen LogP contribution in [0.2, 0.25) is 5.15 Å². The van der Waals surface area contributed by atoms with Crippen LogP contribution in [0.5, 0.6) is 0 Å². The van der Waals surface area contributed by atoms with Gasteiger partial charge in [0, 0.05) is 17.1 Å². The Hall–Kier alpha value is -1.41. The van der Waals surface area contributed by atoms with Crippen LogP contribution in [0.4, 0.5) is 0 Å². The summed E-state index contributed by atoms with van der Waals surface area (Å²) in [6.07, 6.45) is 1.63. The zero-order valence-electron chi connectivity index (χ0n) is 7.62. The highest BCUT2D eigenvalue weighted by atomic mass is 35.5. The summed E-state index contributed by atoms with van der Waals surface area (Å²) >= 11 is 5.94. The minimum Gasteiger partial charge on any atom is -0.294 e. The van der Waals surface area contributed by atoms with Crippen molar-refractivity contribution < 1.29 is 4.79 Å². The molecular weight excluding hydrogens is 198 g/mol. The summed E-state index contributed by atoms with van der Waals surface area (Å²) in [5.41, 5.74) is 0.626. The molecule has 0 bridgehead atoms. The number of hydrogen-bond acceptors (Lipinski definition) is 2. The molecule has 0 aliphatic rings. The monoisotopic (exact) mass is 205 g/mol. The van der Waals surface area contributed by atoms with Crippen molar-refractivity contribution in [2.45, 2.75) is 6.92 Å². The molecule has 2 nitrogen and oxygen atoms in total. The summed E-state index contributed by atoms with van der Waals surface area (Å²) in [7, 11) is 0. The van der Waals surface area contributed by atoms with Gasteiger partial charge in [-0.3, -0.25) is 4.79 Å². The number of carbonyl (C=O) groups is 1. The molecule has 0 spiro atoms. The van der Waals surface area contributed by atoms with Gasteiger partial charge < -0.3 is 0 Å². The van der Waals surface area contributed by atoms with E-state index in [0.29, 0.717) is 10.7 Å². The Balaban J connectivity index is 2.91. The first-order valence-electron chi connectivity index (χ1n) is 4.24. The summed E-state index contributed by atoms with van der Waals surface area (Å²) in [5, 5.41) is 2.06. The smallest absolute Gasteiger partial charge is 0.160 e. The van der Waals surface area contributed by atoms with Crippen molar-refractivity contribution >= 4 is 28.2 Å². The number of halogens is 1. The lowest BCUT2D eigenvalue weighted by atomic mass is 10.0. The van der Waals surface area contributed by atoms with Crippen molar-refractivity contribution in [3.8, 4) is 0 Å². The fraction of sp³-hybridized carbons (Fsp3) is 0.0909. The molecule has 70 valence electrons. The second-order valence-corrected chi connectivity index (χ2v) is 3.42. The van der Waals surface area contributed by atoms with Crippen molar-refractivity contribution in [2.75, 3.05) is 0 Å². The highest BCUT2D eigenvalue weighted by Gasteiger charge is 2.08. The number of nitrogens with zero attached hydrogens (tertiary/aromatic N) is 1. The topological polar surface area (TPSA) is 30.0 Å². The first kappa shape index (κ1) is 9.16. The van der Waals surface area contributed by atoms with Crippen molar-refractivity contribution in [1.82, 2.24) is 4.98 Å². The predicted molar refractivity (Wildman–Crippen MR) is 56.8 cm³/mol. The molecule has 3 heteroatoms. The molecule has 0 aliphatic heterocycles. The fourth-order valence-electron chi connectivity index (χ4n) is 1.48. The number of fused-ring (bicyclic) bond motifs is 1. The highest BCUT2D eigenvalue weighted by molar-refractivity contribution is 6.35. The van der Waals surface area contributed by atoms with Gasteiger partial charge in [-0.1, -0.05) is 29.8 Å². The zero-order valence-corrected chi connectivity index (χ0v) is 8.38. The van der Waals surface area contributed by atoms with Crippen molar-refractivity contribution in [2.24, 2.45) is 0 Å². The maximum absolute atomic E-state index is 11.3. The molecule has 2 aromatic rings. The number of pyridine rings is 1. The lowest BCUT2D eigenvalue weighted by Crippen LogP contribution is -1.94. The van der Waals surface area contributed by atoms with E-state index in [0.717, 1.165) is 10.8 Å². The van der Waals surface area contributed by atoms with E-state index in [9.17, 15) is 4.79 Å². The summed E-state index contributed by atoms with van der Waals surface area (Å²) in [6, 6.07) is 7.36. The largest absolute Gasteiger partial charge is 0.294 e. The molecule has 0 fully saturated rings. The maximum Gasteiger partial charge on any atom is 0.160 e. The Labute approximate surface area is 86.5 Å². The molecule has 0 saturated heterocycles. The quantitative estimate of drug-likeness (QED) is 0.529. The molecule has 14 heavy (non-hydrogen) atoms. The lowest BCUT2D eigenvalue weighted by molar-refractivity contribution is 0.101. The minimum atomic E-state index is 0.00509. The van der Waals surface area contributed by atoms with Crippen LogP contribution in [0.3, 0.4) is 0 Å². The molecule has 0 N–H and O–H groups in total. The zero-order chi connectivity index (χ0) is 10.1. The van der Waals surface area contributed by atoms with Gasteiger partial charge >= 0.3 is 0 Å². The van der Waals surface area contributed by atoms with E-state index in [4.69, 9.17) is 11.6 Å². The van der Waals surface area contributed by atoms with E-state index in [-0.39, 0.29) is 5.78 Å². The minimum absolute atomic E-state index is 0.00509. The molecule has 2 rings (SSSR count). The number of Topliss-reactive ketones (excluding diaryl/α,β-unsaturated/α-hetero) is 1. The van der Waals surface area contributed by atoms with Crippen LogP contribution < -0.4 is 0 Å². The Morgan fingerprint density at radius 2 is 2.14 bits per heavy atom. The normalized spacial score (nSPS) is 10.4. The van der Waals surface area contributed by atoms with Gasteiger partial charge in [-0.2, -0.15) is 0 Å². The van der Waals surface area contributed by atoms with Crippen LogP contribution in [0.1, 0.15) is 17.3 Å². The molecule has 0 saturated carbocycles. The average molecular weight is 206 g/mol. The molecule has 0 aliphatic carbocycles. The number of aromatic nitrogens is 1. The third kappa shape index (κ3) is 1.38. The molecule has 1 aromatic carbocycles. The Morgan fingerprint density at radius 3 is 2.86 bits per heavy atom. The van der Waals surface area contributed by atoms with Gasteiger partial charge in [0.15, 0.2) is 5.78 Å². The Kier molecular flexibility index (Phi) is 2.22. The van der Waals surface area contributed by atoms with Crippen molar-refractivity contribution in [3.05, 3.63) is 41.2 Å². The van der Waals surface area contributed by atoms with Gasteiger partial charge in [0.25, 0.3) is 0 Å². The van der Waals surface area contributed by atoms with Crippen LogP contribution in [0.15, 0.2) is 30.5 Å². The second-order valence-electron chi connectivity index (χ2n) is 3.06. The van der Waals surface area contributed by atoms with Gasteiger partial charge in [0.2, 0.25) is 0 Å². The van der Waals surface area contributed by atoms with Crippen molar-refractivity contribution in [3.63, 3.8) is 0 Å². The van der Waals surface area contributed by atoms with Crippen LogP contribution >= 0.6 is 11.6 Å². The van der Waals surface area contributed by atoms with E-state index in [1.165, 1.54) is 6.92 Å². The van der Waals surface area contributed by atoms with E-state index in [2.05, 4.69) is 4.98 Å². The van der Waals surface area contributed by atoms with Gasteiger partial charge in [-0.25, -0.2) is 4.98 Å². The van der Waals surface area contributed by atoms with Crippen LogP contribution in [-0.4, -0.2) is 10.8 Å². The number of hydrogen-bond donors (Lipinski definition) is 0. The van der Waals surface area contributed by atoms with Crippen LogP contribution in [0, 0.1) is 0 Å². The third-order valence-corrected chi connectivity index (χ3v) is 2.41. The number of benzene rings is 1. The number of ketones is 1. The average Bonchev–Trinajstić information content (AvgIpc) is 2.17. The predicted octanol–water partition coefficient (Wildman–Crippen LogP) is 3.09. The fourth-order valence-corrected chi connectivity index (χ4v) is 1.75. The Bertz CT molecular complexity index is 502. The molecule has 0 unspecified atom stereocenters. The lowest BCUT2D eigenvalue weighted by Gasteiger charge is -2.03. The van der Waals surface area contributed by atoms with E-state index in [1.807, 2.05) is 18.2 Å². The van der Waals surface area contributed by atoms with Crippen LogP contribution in [-0.2, 0) is 0 Å². The van der Waals surface area contributed by atoms with E-state index < -0.39 is 0 Å². The summed E-state index contributed by atoms with van der Waals surface area (Å²) in [6.45, 7) is 1.53. The van der Waals surface area contributed by atoms with Gasteiger partial charge in [0.1, 0.15) is 5.15 Å². The molecule has 0 amide bonds. The summed E-state index contributed by atoms with van der Waals surface area (Å²) < 4.78 is 0. The summed E-state index contributed by atoms with van der Waals surface area (Å²) in [4.78, 5) is 15.3. The molecule has 0 radical (unpaired) electrons. The SMILES string of the molecule is CC(=O)c1cccc2ccnc(Cl)c12. The first-order valence-corrected chi connectivity index (χ1v) is 4.62.